The number of ether oxygens (including phenoxy) is 1. The smallest absolute Gasteiger partial charge is 0.346 e. The molecule has 1 saturated heterocycles. The third-order valence-electron chi connectivity index (χ3n) is 9.27. The minimum absolute atomic E-state index is 0.0849. The number of methoxy groups -OCH3 is 1. The molecule has 14 heteroatoms. The summed E-state index contributed by atoms with van der Waals surface area (Å²) in [5.41, 5.74) is 2.45. The Kier molecular flexibility index (Phi) is 8.92. The van der Waals surface area contributed by atoms with Crippen molar-refractivity contribution in [2.75, 3.05) is 38.6 Å². The predicted octanol–water partition coefficient (Wildman–Crippen LogP) is 3.72. The van der Waals surface area contributed by atoms with E-state index in [1.165, 1.54) is 26.2 Å². The summed E-state index contributed by atoms with van der Waals surface area (Å²) in [6, 6.07) is 9.99. The molecular weight excluding hydrogens is 641 g/mol. The molecule has 4 aromatic rings. The number of halogens is 2. The van der Waals surface area contributed by atoms with Crippen LogP contribution in [0.25, 0.3) is 22.4 Å². The Hall–Kier alpha value is -4.88. The summed E-state index contributed by atoms with van der Waals surface area (Å²) in [6.07, 6.45) is 1.72. The number of amides is 2. The van der Waals surface area contributed by atoms with Crippen molar-refractivity contribution in [3.8, 4) is 28.3 Å². The lowest BCUT2D eigenvalue weighted by Crippen LogP contribution is -2.48. The molecule has 1 N–H and O–H groups in total. The molecule has 0 saturated carbocycles. The molecule has 250 valence electrons. The number of benzene rings is 2. The average molecular weight is 676 g/mol. The molecule has 1 aliphatic carbocycles. The molecule has 2 aromatic heterocycles. The zero-order valence-corrected chi connectivity index (χ0v) is 28.0. The number of carbonyl (C=O) groups excluding carboxylic acids is 2. The van der Waals surface area contributed by atoms with Crippen LogP contribution < -0.4 is 21.3 Å². The molecule has 12 nitrogen and oxygen atoms in total. The zero-order valence-electron chi connectivity index (χ0n) is 27.3. The Labute approximate surface area is 280 Å². The van der Waals surface area contributed by atoms with E-state index in [1.54, 1.807) is 33.1 Å². The van der Waals surface area contributed by atoms with E-state index in [0.717, 1.165) is 46.3 Å². The van der Waals surface area contributed by atoms with Crippen molar-refractivity contribution >= 4 is 29.1 Å². The first-order valence-electron chi connectivity index (χ1n) is 15.5. The van der Waals surface area contributed by atoms with Gasteiger partial charge in [-0.2, -0.15) is 5.10 Å². The summed E-state index contributed by atoms with van der Waals surface area (Å²) < 4.78 is 23.1. The molecule has 1 aliphatic heterocycles. The quantitative estimate of drug-likeness (QED) is 0.327. The molecule has 6 rings (SSSR count). The molecule has 0 spiro atoms. The molecule has 1 atom stereocenters. The van der Waals surface area contributed by atoms with E-state index >= 15 is 4.39 Å². The van der Waals surface area contributed by atoms with Crippen molar-refractivity contribution in [3.63, 3.8) is 0 Å². The number of hydrogen-bond acceptors (Lipinski definition) is 8. The van der Waals surface area contributed by atoms with E-state index in [4.69, 9.17) is 21.3 Å². The summed E-state index contributed by atoms with van der Waals surface area (Å²) in [6.45, 7) is 6.13. The molecule has 48 heavy (non-hydrogen) atoms. The molecule has 2 aliphatic rings. The number of hydrogen-bond donors (Lipinski definition) is 1. The number of aromatic nitrogens is 4. The van der Waals surface area contributed by atoms with Crippen LogP contribution in [0.2, 0.25) is 5.02 Å². The monoisotopic (exact) mass is 675 g/mol. The highest BCUT2D eigenvalue weighted by Gasteiger charge is 2.35. The van der Waals surface area contributed by atoms with Gasteiger partial charge in [-0.3, -0.25) is 23.9 Å². The molecule has 0 unspecified atom stereocenters. The number of nitrogens with one attached hydrogen (secondary N) is 1. The predicted molar refractivity (Wildman–Crippen MR) is 179 cm³/mol. The second kappa shape index (κ2) is 13.0. The Bertz CT molecular complexity index is 2090. The number of anilines is 1. The van der Waals surface area contributed by atoms with Crippen LogP contribution in [0.1, 0.15) is 46.6 Å². The number of rotatable bonds is 6. The van der Waals surface area contributed by atoms with Crippen LogP contribution in [0.3, 0.4) is 0 Å². The maximum Gasteiger partial charge on any atom is 0.346 e. The highest BCUT2D eigenvalue weighted by molar-refractivity contribution is 6.36. The summed E-state index contributed by atoms with van der Waals surface area (Å²) >= 11 is 7.02. The minimum Gasteiger partial charge on any atom is -0.481 e. The second-order valence-electron chi connectivity index (χ2n) is 12.0. The van der Waals surface area contributed by atoms with Crippen LogP contribution in [-0.2, 0) is 25.3 Å². The largest absolute Gasteiger partial charge is 0.481 e. The van der Waals surface area contributed by atoms with Gasteiger partial charge in [0.05, 0.1) is 17.8 Å². The normalized spacial score (nSPS) is 16.1. The number of pyridine rings is 1. The lowest BCUT2D eigenvalue weighted by Gasteiger charge is -2.38. The Morgan fingerprint density at radius 2 is 1.77 bits per heavy atom. The Balaban J connectivity index is 1.33. The van der Waals surface area contributed by atoms with Gasteiger partial charge >= 0.3 is 5.69 Å². The fourth-order valence-electron chi connectivity index (χ4n) is 6.68. The summed E-state index contributed by atoms with van der Waals surface area (Å²) in [7, 11) is 4.17. The first-order chi connectivity index (χ1) is 22.9. The average Bonchev–Trinajstić information content (AvgIpc) is 3.51. The molecule has 0 bridgehead atoms. The maximum atomic E-state index is 15.6. The highest BCUT2D eigenvalue weighted by atomic mass is 35.5. The van der Waals surface area contributed by atoms with E-state index in [2.05, 4.69) is 15.3 Å². The van der Waals surface area contributed by atoms with Crippen molar-refractivity contribution in [1.29, 1.82) is 0 Å². The second-order valence-corrected chi connectivity index (χ2v) is 12.4. The van der Waals surface area contributed by atoms with Gasteiger partial charge in [0.15, 0.2) is 0 Å². The third kappa shape index (κ3) is 5.77. The minimum atomic E-state index is -0.856. The van der Waals surface area contributed by atoms with Crippen molar-refractivity contribution in [1.82, 2.24) is 29.1 Å². The van der Waals surface area contributed by atoms with Crippen LogP contribution >= 0.6 is 11.6 Å². The molecular formula is C34H35ClFN7O5. The first-order valence-corrected chi connectivity index (χ1v) is 15.9. The standard InChI is InChI=1S/C34H35ClFN7O5/c1-18-24(37-31(45)30-33(46)40(3)34(47)41(4)39-30)11-10-23(36)27(18)22-8-6-7-21(29(22)35)25-17-20-9-12-26(28(20)32(38-25)48-5)43-15-13-42(14-16-43)19(2)44/h6-8,10-11,17,26H,9,12-16H2,1-5H3,(H,37,45)/t26-/m0/s1. The van der Waals surface area contributed by atoms with Gasteiger partial charge < -0.3 is 15.0 Å². The van der Waals surface area contributed by atoms with Gasteiger partial charge in [0.25, 0.3) is 11.5 Å². The lowest BCUT2D eigenvalue weighted by molar-refractivity contribution is -0.130. The number of carbonyl (C=O) groups is 2. The molecule has 0 radical (unpaired) electrons. The summed E-state index contributed by atoms with van der Waals surface area (Å²) in [5.74, 6) is -0.819. The molecule has 2 aromatic carbocycles. The van der Waals surface area contributed by atoms with Crippen LogP contribution in [0, 0.1) is 12.7 Å². The van der Waals surface area contributed by atoms with E-state index < -0.39 is 28.7 Å². The SMILES string of the molecule is COc1nc(-c2cccc(-c3c(F)ccc(NC(=O)c4nn(C)c(=O)n(C)c4=O)c3C)c2Cl)cc2c1[C@@H](N1CCN(C(C)=O)CC1)CC2. The van der Waals surface area contributed by atoms with Crippen LogP contribution in [0.15, 0.2) is 46.0 Å². The van der Waals surface area contributed by atoms with Gasteiger partial charge in [-0.25, -0.2) is 18.9 Å². The van der Waals surface area contributed by atoms with Gasteiger partial charge in [0.1, 0.15) is 5.82 Å². The number of piperazine rings is 1. The van der Waals surface area contributed by atoms with E-state index in [0.29, 0.717) is 41.4 Å². The fourth-order valence-corrected chi connectivity index (χ4v) is 7.00. The van der Waals surface area contributed by atoms with Gasteiger partial charge in [0, 0.05) is 81.2 Å². The van der Waals surface area contributed by atoms with Gasteiger partial charge in [-0.1, -0.05) is 29.8 Å². The van der Waals surface area contributed by atoms with Crippen molar-refractivity contribution < 1.29 is 18.7 Å². The number of aryl methyl sites for hydroxylation is 2. The maximum absolute atomic E-state index is 15.6. The first kappa shape index (κ1) is 33.0. The topological polar surface area (TPSA) is 132 Å². The van der Waals surface area contributed by atoms with Crippen LogP contribution in [0.4, 0.5) is 10.1 Å². The molecule has 3 heterocycles. The van der Waals surface area contributed by atoms with Gasteiger partial charge in [-0.15, -0.1) is 0 Å². The Morgan fingerprint density at radius 3 is 2.46 bits per heavy atom. The Morgan fingerprint density at radius 1 is 1.06 bits per heavy atom. The fraction of sp³-hybridized carbons (Fsp3) is 0.353. The lowest BCUT2D eigenvalue weighted by atomic mass is 9.95. The summed E-state index contributed by atoms with van der Waals surface area (Å²) in [5, 5.41) is 6.72. The van der Waals surface area contributed by atoms with E-state index in [1.807, 2.05) is 17.0 Å². The molecule has 1 fully saturated rings. The van der Waals surface area contributed by atoms with Gasteiger partial charge in [-0.05, 0) is 49.1 Å². The van der Waals surface area contributed by atoms with Crippen molar-refractivity contribution in [2.45, 2.75) is 32.7 Å². The van der Waals surface area contributed by atoms with Crippen LogP contribution in [0.5, 0.6) is 5.88 Å². The number of fused-ring (bicyclic) bond motifs is 1. The van der Waals surface area contributed by atoms with Gasteiger partial charge in [0.2, 0.25) is 17.5 Å². The zero-order chi connectivity index (χ0) is 34.4. The van der Waals surface area contributed by atoms with E-state index in [9.17, 15) is 19.2 Å². The van der Waals surface area contributed by atoms with E-state index in [-0.39, 0.29) is 28.2 Å². The van der Waals surface area contributed by atoms with Crippen LogP contribution in [-0.4, -0.2) is 74.2 Å². The third-order valence-corrected chi connectivity index (χ3v) is 9.67. The summed E-state index contributed by atoms with van der Waals surface area (Å²) in [4.78, 5) is 58.7. The highest BCUT2D eigenvalue weighted by Crippen LogP contribution is 2.45. The number of nitrogens with zero attached hydrogens (tertiary/aromatic N) is 6. The van der Waals surface area contributed by atoms with Crippen molar-refractivity contribution in [2.24, 2.45) is 14.1 Å². The van der Waals surface area contributed by atoms with Crippen molar-refractivity contribution in [3.05, 3.63) is 90.5 Å². The molecule has 2 amide bonds.